The molecule has 7 heteroatoms. The Morgan fingerprint density at radius 1 is 1.38 bits per heavy atom. The standard InChI is InChI=1S/C9H9N5OS/c10-7(15)5-1-3-6(4-2-5)14-8(11)12-13-9(14)16/h1-4H,(H2,10,15)(H2,11,12)(H,13,16). The van der Waals surface area contributed by atoms with Crippen LogP contribution in [0.3, 0.4) is 0 Å². The summed E-state index contributed by atoms with van der Waals surface area (Å²) in [5.74, 6) is -0.216. The predicted molar refractivity (Wildman–Crippen MR) is 61.7 cm³/mol. The number of primary amides is 1. The number of carbonyl (C=O) groups is 1. The van der Waals surface area contributed by atoms with Gasteiger partial charge in [0.05, 0.1) is 5.69 Å². The first-order valence-electron chi connectivity index (χ1n) is 4.42. The number of nitrogens with zero attached hydrogens (tertiary/aromatic N) is 2. The Bertz CT molecular complexity index is 583. The van der Waals surface area contributed by atoms with Crippen molar-refractivity contribution in [3.05, 3.63) is 34.6 Å². The number of amides is 1. The van der Waals surface area contributed by atoms with Gasteiger partial charge in [-0.05, 0) is 36.5 Å². The van der Waals surface area contributed by atoms with Crippen LogP contribution in [-0.4, -0.2) is 20.7 Å². The first kappa shape index (κ1) is 10.4. The summed E-state index contributed by atoms with van der Waals surface area (Å²) < 4.78 is 1.95. The molecule has 0 saturated carbocycles. The van der Waals surface area contributed by atoms with Gasteiger partial charge < -0.3 is 11.5 Å². The van der Waals surface area contributed by atoms with Crippen LogP contribution in [0.1, 0.15) is 10.4 Å². The van der Waals surface area contributed by atoms with Crippen LogP contribution in [0.2, 0.25) is 0 Å². The highest BCUT2D eigenvalue weighted by atomic mass is 32.1. The highest BCUT2D eigenvalue weighted by Crippen LogP contribution is 2.13. The van der Waals surface area contributed by atoms with E-state index < -0.39 is 5.91 Å². The van der Waals surface area contributed by atoms with Gasteiger partial charge in [-0.2, -0.15) is 0 Å². The highest BCUT2D eigenvalue weighted by molar-refractivity contribution is 7.71. The van der Waals surface area contributed by atoms with E-state index in [-0.39, 0.29) is 5.95 Å². The van der Waals surface area contributed by atoms with Crippen molar-refractivity contribution in [1.29, 1.82) is 0 Å². The van der Waals surface area contributed by atoms with Crippen LogP contribution < -0.4 is 11.5 Å². The lowest BCUT2D eigenvalue weighted by atomic mass is 10.2. The lowest BCUT2D eigenvalue weighted by Gasteiger charge is -2.03. The zero-order valence-corrected chi connectivity index (χ0v) is 8.99. The fourth-order valence-corrected chi connectivity index (χ4v) is 1.58. The van der Waals surface area contributed by atoms with Crippen LogP contribution in [0, 0.1) is 4.77 Å². The maximum atomic E-state index is 10.9. The summed E-state index contributed by atoms with van der Waals surface area (Å²) in [5.41, 5.74) is 11.9. The third-order valence-corrected chi connectivity index (χ3v) is 2.38. The van der Waals surface area contributed by atoms with Crippen LogP contribution >= 0.6 is 12.2 Å². The quantitative estimate of drug-likeness (QED) is 0.663. The second-order valence-electron chi connectivity index (χ2n) is 3.13. The number of carbonyl (C=O) groups excluding carboxylic acids is 1. The molecule has 1 heterocycles. The molecule has 2 rings (SSSR count). The van der Waals surface area contributed by atoms with Gasteiger partial charge in [0.15, 0.2) is 0 Å². The van der Waals surface area contributed by atoms with Gasteiger partial charge in [-0.3, -0.25) is 9.36 Å². The number of benzene rings is 1. The van der Waals surface area contributed by atoms with Crippen molar-refractivity contribution in [3.63, 3.8) is 0 Å². The zero-order valence-electron chi connectivity index (χ0n) is 8.18. The SMILES string of the molecule is NC(=O)c1ccc(-n2c(N)n[nH]c2=S)cc1. The van der Waals surface area contributed by atoms with E-state index in [0.717, 1.165) is 5.69 Å². The smallest absolute Gasteiger partial charge is 0.248 e. The van der Waals surface area contributed by atoms with E-state index in [1.807, 2.05) is 0 Å². The summed E-state index contributed by atoms with van der Waals surface area (Å²) in [6.45, 7) is 0. The van der Waals surface area contributed by atoms with E-state index in [1.54, 1.807) is 28.8 Å². The fourth-order valence-electron chi connectivity index (χ4n) is 1.33. The number of nitrogens with two attached hydrogens (primary N) is 2. The third kappa shape index (κ3) is 1.68. The van der Waals surface area contributed by atoms with Crippen molar-refractivity contribution in [1.82, 2.24) is 14.8 Å². The van der Waals surface area contributed by atoms with Gasteiger partial charge in [0.2, 0.25) is 16.6 Å². The largest absolute Gasteiger partial charge is 0.368 e. The first-order valence-corrected chi connectivity index (χ1v) is 4.83. The summed E-state index contributed by atoms with van der Waals surface area (Å²) in [4.78, 5) is 10.9. The number of aromatic amines is 1. The Balaban J connectivity index is 2.50. The molecule has 1 aromatic carbocycles. The molecule has 1 aromatic heterocycles. The first-order chi connectivity index (χ1) is 7.59. The third-order valence-electron chi connectivity index (χ3n) is 2.11. The molecule has 0 aliphatic heterocycles. The Morgan fingerprint density at radius 3 is 2.44 bits per heavy atom. The number of rotatable bonds is 2. The predicted octanol–water partition coefficient (Wildman–Crippen LogP) is 0.611. The number of H-pyrrole nitrogens is 1. The molecule has 0 fully saturated rings. The second kappa shape index (κ2) is 3.78. The topological polar surface area (TPSA) is 103 Å². The normalized spacial score (nSPS) is 10.2. The second-order valence-corrected chi connectivity index (χ2v) is 3.52. The van der Waals surface area contributed by atoms with Crippen molar-refractivity contribution in [3.8, 4) is 5.69 Å². The van der Waals surface area contributed by atoms with Gasteiger partial charge in [0.25, 0.3) is 0 Å². The molecule has 0 unspecified atom stereocenters. The van der Waals surface area contributed by atoms with E-state index in [0.29, 0.717) is 10.3 Å². The molecule has 0 spiro atoms. The molecule has 2 aromatic rings. The Kier molecular flexibility index (Phi) is 2.45. The van der Waals surface area contributed by atoms with Crippen LogP contribution in [0.4, 0.5) is 5.95 Å². The molecule has 1 amide bonds. The van der Waals surface area contributed by atoms with E-state index in [4.69, 9.17) is 23.7 Å². The molecule has 0 atom stereocenters. The minimum atomic E-state index is -0.477. The molecule has 5 N–H and O–H groups in total. The average molecular weight is 235 g/mol. The Hall–Kier alpha value is -2.15. The van der Waals surface area contributed by atoms with Crippen molar-refractivity contribution < 1.29 is 4.79 Å². The maximum Gasteiger partial charge on any atom is 0.248 e. The molecular weight excluding hydrogens is 226 g/mol. The number of aromatic nitrogens is 3. The van der Waals surface area contributed by atoms with E-state index in [2.05, 4.69) is 10.2 Å². The summed E-state index contributed by atoms with van der Waals surface area (Å²) in [6, 6.07) is 6.60. The van der Waals surface area contributed by atoms with Gasteiger partial charge in [-0.1, -0.05) is 0 Å². The number of anilines is 1. The van der Waals surface area contributed by atoms with Gasteiger partial charge >= 0.3 is 0 Å². The lowest BCUT2D eigenvalue weighted by Crippen LogP contribution is -2.10. The Labute approximate surface area is 95.9 Å². The van der Waals surface area contributed by atoms with Gasteiger partial charge in [-0.15, -0.1) is 5.10 Å². The molecule has 6 nitrogen and oxygen atoms in total. The van der Waals surface area contributed by atoms with Crippen LogP contribution in [-0.2, 0) is 0 Å². The van der Waals surface area contributed by atoms with E-state index >= 15 is 0 Å². The number of nitrogen functional groups attached to an aromatic ring is 1. The molecule has 16 heavy (non-hydrogen) atoms. The Morgan fingerprint density at radius 2 is 2.00 bits per heavy atom. The van der Waals surface area contributed by atoms with Crippen LogP contribution in [0.25, 0.3) is 5.69 Å². The fraction of sp³-hybridized carbons (Fsp3) is 0. The summed E-state index contributed by atoms with van der Waals surface area (Å²) >= 11 is 5.01. The number of nitrogens with one attached hydrogen (secondary N) is 1. The molecule has 0 bridgehead atoms. The van der Waals surface area contributed by atoms with Gasteiger partial charge in [-0.25, -0.2) is 5.10 Å². The number of hydrogen-bond donors (Lipinski definition) is 3. The van der Waals surface area contributed by atoms with Crippen molar-refractivity contribution >= 4 is 24.1 Å². The van der Waals surface area contributed by atoms with Crippen LogP contribution in [0.5, 0.6) is 0 Å². The van der Waals surface area contributed by atoms with E-state index in [1.165, 1.54) is 0 Å². The number of hydrogen-bond acceptors (Lipinski definition) is 4. The van der Waals surface area contributed by atoms with E-state index in [9.17, 15) is 4.79 Å². The minimum Gasteiger partial charge on any atom is -0.368 e. The molecule has 0 aliphatic rings. The van der Waals surface area contributed by atoms with Crippen molar-refractivity contribution in [2.45, 2.75) is 0 Å². The molecule has 0 radical (unpaired) electrons. The van der Waals surface area contributed by atoms with Gasteiger partial charge in [0.1, 0.15) is 0 Å². The lowest BCUT2D eigenvalue weighted by molar-refractivity contribution is 0.100. The highest BCUT2D eigenvalue weighted by Gasteiger charge is 2.05. The monoisotopic (exact) mass is 235 g/mol. The molecule has 82 valence electrons. The van der Waals surface area contributed by atoms with Gasteiger partial charge in [0, 0.05) is 5.56 Å². The maximum absolute atomic E-state index is 10.9. The minimum absolute atomic E-state index is 0.261. The molecular formula is C9H9N5OS. The summed E-state index contributed by atoms with van der Waals surface area (Å²) in [6.07, 6.45) is 0. The molecule has 0 aliphatic carbocycles. The summed E-state index contributed by atoms with van der Waals surface area (Å²) in [7, 11) is 0. The average Bonchev–Trinajstić information content (AvgIpc) is 2.59. The molecule has 0 saturated heterocycles. The van der Waals surface area contributed by atoms with Crippen molar-refractivity contribution in [2.75, 3.05) is 5.73 Å². The van der Waals surface area contributed by atoms with Crippen molar-refractivity contribution in [2.24, 2.45) is 5.73 Å². The van der Waals surface area contributed by atoms with Crippen LogP contribution in [0.15, 0.2) is 24.3 Å². The summed E-state index contributed by atoms with van der Waals surface area (Å²) in [5, 5.41) is 6.35. The zero-order chi connectivity index (χ0) is 11.7.